The largest absolute Gasteiger partial charge is 0.346 e. The smallest absolute Gasteiger partial charge is 0.272 e. The van der Waals surface area contributed by atoms with Gasteiger partial charge in [0, 0.05) is 36.6 Å². The van der Waals surface area contributed by atoms with Gasteiger partial charge < -0.3 is 14.8 Å². The van der Waals surface area contributed by atoms with Gasteiger partial charge >= 0.3 is 0 Å². The zero-order chi connectivity index (χ0) is 19.0. The van der Waals surface area contributed by atoms with Crippen molar-refractivity contribution >= 4 is 5.91 Å². The predicted octanol–water partition coefficient (Wildman–Crippen LogP) is 2.05. The summed E-state index contributed by atoms with van der Waals surface area (Å²) in [6, 6.07) is 0.433. The van der Waals surface area contributed by atoms with Crippen molar-refractivity contribution in [2.75, 3.05) is 20.1 Å². The standard InChI is InChI=1S/C19H30N6O/c1-12-17(13(2)24(6)22-12)11-20-19(26)18-14(3)25(15(4)21-18)16-7-9-23(5)10-8-16/h16H,7-11H2,1-6H3,(H,20,26). The molecule has 3 rings (SSSR count). The lowest BCUT2D eigenvalue weighted by Gasteiger charge is -2.31. The van der Waals surface area contributed by atoms with E-state index in [1.807, 2.05) is 39.4 Å². The number of piperidine rings is 1. The van der Waals surface area contributed by atoms with Gasteiger partial charge in [-0.3, -0.25) is 9.48 Å². The third kappa shape index (κ3) is 3.40. The van der Waals surface area contributed by atoms with Crippen LogP contribution in [0.25, 0.3) is 0 Å². The van der Waals surface area contributed by atoms with Crippen molar-refractivity contribution in [3.63, 3.8) is 0 Å². The lowest BCUT2D eigenvalue weighted by atomic mass is 10.0. The van der Waals surface area contributed by atoms with E-state index in [-0.39, 0.29) is 5.91 Å². The minimum absolute atomic E-state index is 0.111. The molecule has 26 heavy (non-hydrogen) atoms. The van der Waals surface area contributed by atoms with Crippen LogP contribution in [0.1, 0.15) is 57.8 Å². The van der Waals surface area contributed by atoms with Crippen molar-refractivity contribution in [1.82, 2.24) is 29.5 Å². The molecule has 0 radical (unpaired) electrons. The van der Waals surface area contributed by atoms with E-state index in [1.54, 1.807) is 0 Å². The molecule has 0 bridgehead atoms. The first kappa shape index (κ1) is 18.6. The lowest BCUT2D eigenvalue weighted by Crippen LogP contribution is -2.32. The predicted molar refractivity (Wildman–Crippen MR) is 101 cm³/mol. The van der Waals surface area contributed by atoms with Crippen LogP contribution in [0.2, 0.25) is 0 Å². The normalized spacial score (nSPS) is 16.2. The van der Waals surface area contributed by atoms with Crippen molar-refractivity contribution in [3.05, 3.63) is 34.2 Å². The molecule has 7 heteroatoms. The number of nitrogens with one attached hydrogen (secondary N) is 1. The maximum atomic E-state index is 12.7. The van der Waals surface area contributed by atoms with Crippen LogP contribution < -0.4 is 5.32 Å². The minimum atomic E-state index is -0.111. The second-order valence-corrected chi connectivity index (χ2v) is 7.45. The van der Waals surface area contributed by atoms with Gasteiger partial charge in [-0.1, -0.05) is 0 Å². The molecular weight excluding hydrogens is 328 g/mol. The summed E-state index contributed by atoms with van der Waals surface area (Å²) in [6.07, 6.45) is 2.20. The van der Waals surface area contributed by atoms with E-state index in [2.05, 4.69) is 31.9 Å². The fourth-order valence-electron chi connectivity index (χ4n) is 3.99. The molecule has 0 spiro atoms. The monoisotopic (exact) mass is 358 g/mol. The Morgan fingerprint density at radius 1 is 1.12 bits per heavy atom. The van der Waals surface area contributed by atoms with Crippen LogP contribution in [0.4, 0.5) is 0 Å². The zero-order valence-corrected chi connectivity index (χ0v) is 16.8. The molecule has 3 heterocycles. The number of likely N-dealkylation sites (tertiary alicyclic amines) is 1. The van der Waals surface area contributed by atoms with Gasteiger partial charge in [-0.25, -0.2) is 4.98 Å². The number of rotatable bonds is 4. The molecule has 142 valence electrons. The van der Waals surface area contributed by atoms with E-state index in [4.69, 9.17) is 0 Å². The zero-order valence-electron chi connectivity index (χ0n) is 16.8. The molecule has 1 saturated heterocycles. The Hall–Kier alpha value is -2.15. The number of hydrogen-bond acceptors (Lipinski definition) is 4. The first-order valence-corrected chi connectivity index (χ1v) is 9.30. The Labute approximate surface area is 155 Å². The number of nitrogens with zero attached hydrogens (tertiary/aromatic N) is 5. The summed E-state index contributed by atoms with van der Waals surface area (Å²) in [5, 5.41) is 7.43. The topological polar surface area (TPSA) is 68.0 Å². The first-order valence-electron chi connectivity index (χ1n) is 9.30. The molecule has 1 fully saturated rings. The molecule has 2 aromatic heterocycles. The Balaban J connectivity index is 1.75. The summed E-state index contributed by atoms with van der Waals surface area (Å²) >= 11 is 0. The van der Waals surface area contributed by atoms with Gasteiger partial charge in [0.05, 0.1) is 5.69 Å². The van der Waals surface area contributed by atoms with Crippen LogP contribution in [0.5, 0.6) is 0 Å². The van der Waals surface area contributed by atoms with Crippen LogP contribution in [-0.2, 0) is 13.6 Å². The molecule has 1 aliphatic heterocycles. The SMILES string of the molecule is Cc1nn(C)c(C)c1CNC(=O)c1nc(C)n(C2CCN(C)CC2)c1C. The number of imidazole rings is 1. The third-order valence-corrected chi connectivity index (χ3v) is 5.68. The van der Waals surface area contributed by atoms with Gasteiger partial charge in [0.25, 0.3) is 5.91 Å². The molecule has 2 aromatic rings. The van der Waals surface area contributed by atoms with Crippen LogP contribution in [0.3, 0.4) is 0 Å². The van der Waals surface area contributed by atoms with Crippen molar-refractivity contribution in [1.29, 1.82) is 0 Å². The number of aryl methyl sites for hydroxylation is 3. The van der Waals surface area contributed by atoms with Gasteiger partial charge in [0.15, 0.2) is 0 Å². The first-order chi connectivity index (χ1) is 12.3. The van der Waals surface area contributed by atoms with Crippen LogP contribution in [0, 0.1) is 27.7 Å². The summed E-state index contributed by atoms with van der Waals surface area (Å²) < 4.78 is 4.10. The molecule has 1 N–H and O–H groups in total. The quantitative estimate of drug-likeness (QED) is 0.908. The second kappa shape index (κ2) is 7.23. The van der Waals surface area contributed by atoms with Gasteiger partial charge in [-0.05, 0) is 60.7 Å². The number of carbonyl (C=O) groups excluding carboxylic acids is 1. The summed E-state index contributed by atoms with van der Waals surface area (Å²) in [5.74, 6) is 0.816. The van der Waals surface area contributed by atoms with E-state index in [0.717, 1.165) is 54.4 Å². The van der Waals surface area contributed by atoms with Gasteiger partial charge in [0.1, 0.15) is 11.5 Å². The van der Waals surface area contributed by atoms with E-state index in [9.17, 15) is 4.79 Å². The van der Waals surface area contributed by atoms with E-state index in [0.29, 0.717) is 18.3 Å². The average molecular weight is 358 g/mol. The molecule has 0 aromatic carbocycles. The second-order valence-electron chi connectivity index (χ2n) is 7.45. The van der Waals surface area contributed by atoms with E-state index in [1.165, 1.54) is 0 Å². The molecule has 0 unspecified atom stereocenters. The van der Waals surface area contributed by atoms with Crippen molar-refractivity contribution in [3.8, 4) is 0 Å². The highest BCUT2D eigenvalue weighted by Crippen LogP contribution is 2.26. The molecule has 0 saturated carbocycles. The number of hydrogen-bond donors (Lipinski definition) is 1. The lowest BCUT2D eigenvalue weighted by molar-refractivity contribution is 0.0945. The van der Waals surface area contributed by atoms with Crippen LogP contribution in [0.15, 0.2) is 0 Å². The summed E-state index contributed by atoms with van der Waals surface area (Å²) in [5.41, 5.74) is 4.61. The average Bonchev–Trinajstić information content (AvgIpc) is 3.02. The van der Waals surface area contributed by atoms with Crippen molar-refractivity contribution < 1.29 is 4.79 Å². The molecule has 1 amide bonds. The highest BCUT2D eigenvalue weighted by molar-refractivity contribution is 5.93. The number of amides is 1. The Kier molecular flexibility index (Phi) is 5.18. The van der Waals surface area contributed by atoms with E-state index >= 15 is 0 Å². The Morgan fingerprint density at radius 3 is 2.35 bits per heavy atom. The summed E-state index contributed by atoms with van der Waals surface area (Å²) in [4.78, 5) is 19.7. The fraction of sp³-hybridized carbons (Fsp3) is 0.632. The van der Waals surface area contributed by atoms with Gasteiger partial charge in [-0.2, -0.15) is 5.10 Å². The van der Waals surface area contributed by atoms with Gasteiger partial charge in [0.2, 0.25) is 0 Å². The van der Waals surface area contributed by atoms with Crippen molar-refractivity contribution in [2.45, 2.75) is 53.1 Å². The maximum Gasteiger partial charge on any atom is 0.272 e. The molecule has 1 aliphatic rings. The van der Waals surface area contributed by atoms with Crippen molar-refractivity contribution in [2.24, 2.45) is 7.05 Å². The molecular formula is C19H30N6O. The third-order valence-electron chi connectivity index (χ3n) is 5.68. The van der Waals surface area contributed by atoms with Gasteiger partial charge in [-0.15, -0.1) is 0 Å². The van der Waals surface area contributed by atoms with E-state index < -0.39 is 0 Å². The van der Waals surface area contributed by atoms with Crippen LogP contribution in [-0.4, -0.2) is 50.3 Å². The Bertz CT molecular complexity index is 811. The fourth-order valence-corrected chi connectivity index (χ4v) is 3.99. The number of aromatic nitrogens is 4. The highest BCUT2D eigenvalue weighted by atomic mass is 16.1. The number of carbonyl (C=O) groups is 1. The molecule has 0 atom stereocenters. The summed E-state index contributed by atoms with van der Waals surface area (Å²) in [7, 11) is 4.08. The minimum Gasteiger partial charge on any atom is -0.346 e. The maximum absolute atomic E-state index is 12.7. The van der Waals surface area contributed by atoms with Crippen LogP contribution >= 0.6 is 0 Å². The molecule has 7 nitrogen and oxygen atoms in total. The highest BCUT2D eigenvalue weighted by Gasteiger charge is 2.25. The molecule has 0 aliphatic carbocycles. The summed E-state index contributed by atoms with van der Waals surface area (Å²) in [6.45, 7) is 10.6. The Morgan fingerprint density at radius 2 is 1.77 bits per heavy atom.